The number of benzene rings is 1. The van der Waals surface area contributed by atoms with Crippen molar-refractivity contribution in [2.45, 2.75) is 18.6 Å². The molecule has 0 aliphatic carbocycles. The number of alkyl halides is 3. The van der Waals surface area contributed by atoms with Gasteiger partial charge in [-0.25, -0.2) is 4.79 Å². The molecule has 2 atom stereocenters. The quantitative estimate of drug-likeness (QED) is 0.804. The maximum absolute atomic E-state index is 12.1. The molecule has 9 heteroatoms. The van der Waals surface area contributed by atoms with Gasteiger partial charge in [0.15, 0.2) is 6.10 Å². The third-order valence-corrected chi connectivity index (χ3v) is 2.67. The van der Waals surface area contributed by atoms with Crippen LogP contribution in [0.4, 0.5) is 13.2 Å². The summed E-state index contributed by atoms with van der Waals surface area (Å²) in [5.41, 5.74) is -0.142. The van der Waals surface area contributed by atoms with Crippen molar-refractivity contribution in [2.24, 2.45) is 0 Å². The first kappa shape index (κ1) is 16.7. The molecule has 0 aromatic heterocycles. The van der Waals surface area contributed by atoms with Crippen LogP contribution in [-0.2, 0) is 9.53 Å². The largest absolute Gasteiger partial charge is 0.573 e. The summed E-state index contributed by atoms with van der Waals surface area (Å²) in [6.45, 7) is 0. The van der Waals surface area contributed by atoms with Gasteiger partial charge in [0.25, 0.3) is 0 Å². The number of aliphatic hydroxyl groups excluding tert-OH is 2. The summed E-state index contributed by atoms with van der Waals surface area (Å²) < 4.78 is 44.5. The van der Waals surface area contributed by atoms with Gasteiger partial charge in [-0.3, -0.25) is 0 Å². The molecule has 0 aliphatic heterocycles. The minimum absolute atomic E-state index is 0.142. The highest BCUT2D eigenvalue weighted by Crippen LogP contribution is 2.30. The predicted molar refractivity (Wildman–Crippen MR) is 63.8 cm³/mol. The molecule has 0 aliphatic rings. The molecule has 2 unspecified atom stereocenters. The van der Waals surface area contributed by atoms with Crippen LogP contribution in [-0.4, -0.2) is 35.8 Å². The van der Waals surface area contributed by atoms with E-state index in [0.29, 0.717) is 0 Å². The fourth-order valence-electron chi connectivity index (χ4n) is 1.38. The molecule has 0 saturated carbocycles. The maximum Gasteiger partial charge on any atom is 0.573 e. The first-order valence-electron chi connectivity index (χ1n) is 5.14. The topological polar surface area (TPSA) is 76.0 Å². The van der Waals surface area contributed by atoms with Crippen LogP contribution in [0.15, 0.2) is 22.7 Å². The second-order valence-electron chi connectivity index (χ2n) is 3.68. The highest BCUT2D eigenvalue weighted by Gasteiger charge is 2.32. The fourth-order valence-corrected chi connectivity index (χ4v) is 1.87. The molecule has 0 saturated heterocycles. The molecule has 1 aromatic carbocycles. The van der Waals surface area contributed by atoms with Crippen LogP contribution in [0.3, 0.4) is 0 Å². The zero-order valence-electron chi connectivity index (χ0n) is 10.0. The van der Waals surface area contributed by atoms with E-state index in [1.165, 1.54) is 6.07 Å². The van der Waals surface area contributed by atoms with Gasteiger partial charge >= 0.3 is 12.3 Å². The molecular formula is C11H10BrF3O5. The lowest BCUT2D eigenvalue weighted by Crippen LogP contribution is -2.29. The van der Waals surface area contributed by atoms with Gasteiger partial charge in [-0.2, -0.15) is 0 Å². The third kappa shape index (κ3) is 4.66. The molecule has 0 radical (unpaired) electrons. The summed E-state index contributed by atoms with van der Waals surface area (Å²) in [4.78, 5) is 11.1. The SMILES string of the molecule is COC(=O)C(O)C(O)c1cc(Br)cc(OC(F)(F)F)c1. The first-order valence-corrected chi connectivity index (χ1v) is 5.93. The molecule has 5 nitrogen and oxygen atoms in total. The number of aliphatic hydroxyl groups is 2. The second kappa shape index (κ2) is 6.42. The van der Waals surface area contributed by atoms with Crippen LogP contribution < -0.4 is 4.74 Å². The Hall–Kier alpha value is -1.32. The van der Waals surface area contributed by atoms with Gasteiger partial charge in [0.2, 0.25) is 0 Å². The number of rotatable bonds is 4. The van der Waals surface area contributed by atoms with E-state index in [1.807, 2.05) is 0 Å². The van der Waals surface area contributed by atoms with Crippen molar-refractivity contribution in [3.05, 3.63) is 28.2 Å². The predicted octanol–water partition coefficient (Wildman–Crippen LogP) is 1.91. The number of ether oxygens (including phenoxy) is 2. The lowest BCUT2D eigenvalue weighted by atomic mass is 10.0. The van der Waals surface area contributed by atoms with E-state index in [4.69, 9.17) is 0 Å². The van der Waals surface area contributed by atoms with E-state index in [2.05, 4.69) is 25.4 Å². The Morgan fingerprint density at radius 3 is 2.40 bits per heavy atom. The number of halogens is 4. The van der Waals surface area contributed by atoms with E-state index >= 15 is 0 Å². The molecule has 1 rings (SSSR count). The standard InChI is InChI=1S/C11H10BrF3O5/c1-19-10(18)9(17)8(16)5-2-6(12)4-7(3-5)20-11(13,14)15/h2-4,8-9,16-17H,1H3. The highest BCUT2D eigenvalue weighted by molar-refractivity contribution is 9.10. The van der Waals surface area contributed by atoms with Crippen molar-refractivity contribution in [1.82, 2.24) is 0 Å². The molecule has 0 bridgehead atoms. The van der Waals surface area contributed by atoms with Crippen molar-refractivity contribution in [2.75, 3.05) is 7.11 Å². The van der Waals surface area contributed by atoms with Crippen LogP contribution in [0.1, 0.15) is 11.7 Å². The third-order valence-electron chi connectivity index (χ3n) is 2.21. The minimum atomic E-state index is -4.90. The summed E-state index contributed by atoms with van der Waals surface area (Å²) in [5, 5.41) is 19.2. The normalized spacial score (nSPS) is 14.6. The fraction of sp³-hybridized carbons (Fsp3) is 0.364. The Bertz CT molecular complexity index is 491. The molecule has 0 heterocycles. The molecule has 0 fully saturated rings. The summed E-state index contributed by atoms with van der Waals surface area (Å²) >= 11 is 2.94. The average Bonchev–Trinajstić information content (AvgIpc) is 2.33. The summed E-state index contributed by atoms with van der Waals surface area (Å²) in [5.74, 6) is -1.71. The zero-order chi connectivity index (χ0) is 15.5. The number of hydrogen-bond acceptors (Lipinski definition) is 5. The summed E-state index contributed by atoms with van der Waals surface area (Å²) in [6.07, 6.45) is -8.58. The molecular weight excluding hydrogens is 349 g/mol. The second-order valence-corrected chi connectivity index (χ2v) is 4.60. The van der Waals surface area contributed by atoms with E-state index in [9.17, 15) is 28.2 Å². The molecule has 0 spiro atoms. The van der Waals surface area contributed by atoms with Gasteiger partial charge in [0, 0.05) is 4.47 Å². The van der Waals surface area contributed by atoms with Gasteiger partial charge in [0.05, 0.1) is 7.11 Å². The van der Waals surface area contributed by atoms with E-state index in [0.717, 1.165) is 19.2 Å². The lowest BCUT2D eigenvalue weighted by molar-refractivity contribution is -0.274. The van der Waals surface area contributed by atoms with Gasteiger partial charge in [-0.1, -0.05) is 15.9 Å². The number of esters is 1. The van der Waals surface area contributed by atoms with Crippen molar-refractivity contribution in [3.8, 4) is 5.75 Å². The van der Waals surface area contributed by atoms with Crippen LogP contribution in [0.5, 0.6) is 5.75 Å². The minimum Gasteiger partial charge on any atom is -0.467 e. The smallest absolute Gasteiger partial charge is 0.467 e. The van der Waals surface area contributed by atoms with Gasteiger partial charge in [-0.05, 0) is 23.8 Å². The molecule has 0 amide bonds. The Labute approximate surface area is 120 Å². The Morgan fingerprint density at radius 1 is 1.30 bits per heavy atom. The molecule has 20 heavy (non-hydrogen) atoms. The monoisotopic (exact) mass is 358 g/mol. The average molecular weight is 359 g/mol. The Kier molecular flexibility index (Phi) is 5.37. The van der Waals surface area contributed by atoms with E-state index in [-0.39, 0.29) is 10.0 Å². The number of methoxy groups -OCH3 is 1. The van der Waals surface area contributed by atoms with Crippen LogP contribution in [0.2, 0.25) is 0 Å². The molecule has 2 N–H and O–H groups in total. The van der Waals surface area contributed by atoms with Crippen LogP contribution in [0, 0.1) is 0 Å². The maximum atomic E-state index is 12.1. The van der Waals surface area contributed by atoms with Gasteiger partial charge in [0.1, 0.15) is 11.9 Å². The van der Waals surface area contributed by atoms with Crippen molar-refractivity contribution < 1.29 is 37.7 Å². The highest BCUT2D eigenvalue weighted by atomic mass is 79.9. The Morgan fingerprint density at radius 2 is 1.90 bits per heavy atom. The van der Waals surface area contributed by atoms with Crippen molar-refractivity contribution in [1.29, 1.82) is 0 Å². The van der Waals surface area contributed by atoms with Crippen LogP contribution in [0.25, 0.3) is 0 Å². The molecule has 112 valence electrons. The number of carbonyl (C=O) groups is 1. The van der Waals surface area contributed by atoms with Gasteiger partial charge < -0.3 is 19.7 Å². The van der Waals surface area contributed by atoms with E-state index in [1.54, 1.807) is 0 Å². The van der Waals surface area contributed by atoms with Gasteiger partial charge in [-0.15, -0.1) is 13.2 Å². The Balaban J connectivity index is 3.04. The summed E-state index contributed by atoms with van der Waals surface area (Å²) in [6, 6.07) is 3.11. The van der Waals surface area contributed by atoms with E-state index < -0.39 is 30.3 Å². The van der Waals surface area contributed by atoms with Crippen LogP contribution >= 0.6 is 15.9 Å². The number of hydrogen-bond donors (Lipinski definition) is 2. The summed E-state index contributed by atoms with van der Waals surface area (Å²) in [7, 11) is 0.997. The zero-order valence-corrected chi connectivity index (χ0v) is 11.6. The number of carbonyl (C=O) groups excluding carboxylic acids is 1. The lowest BCUT2D eigenvalue weighted by Gasteiger charge is -2.17. The van der Waals surface area contributed by atoms with Crippen molar-refractivity contribution in [3.63, 3.8) is 0 Å². The first-order chi connectivity index (χ1) is 9.14. The molecule has 1 aromatic rings. The van der Waals surface area contributed by atoms with Crippen molar-refractivity contribution >= 4 is 21.9 Å².